The molecule has 0 fully saturated rings. The fourth-order valence-electron chi connectivity index (χ4n) is 1.65. The van der Waals surface area contributed by atoms with Gasteiger partial charge in [-0.25, -0.2) is 0 Å². The molecule has 0 aliphatic carbocycles. The molecule has 0 saturated carbocycles. The third-order valence-corrected chi connectivity index (χ3v) is 3.60. The highest BCUT2D eigenvalue weighted by Crippen LogP contribution is 2.33. The molecule has 0 aliphatic heterocycles. The molecular weight excluding hydrogens is 216 g/mol. The van der Waals surface area contributed by atoms with Gasteiger partial charge in [0.25, 0.3) is 0 Å². The van der Waals surface area contributed by atoms with Crippen molar-refractivity contribution >= 4 is 21.6 Å². The van der Waals surface area contributed by atoms with Crippen molar-refractivity contribution in [3.8, 4) is 10.6 Å². The molecule has 0 N–H and O–H groups in total. The lowest BCUT2D eigenvalue weighted by Gasteiger charge is -1.89. The second kappa shape index (κ2) is 3.72. The van der Waals surface area contributed by atoms with Crippen LogP contribution < -0.4 is 0 Å². The Kier molecular flexibility index (Phi) is 2.22. The molecule has 0 radical (unpaired) electrons. The van der Waals surface area contributed by atoms with E-state index in [1.54, 1.807) is 11.3 Å². The van der Waals surface area contributed by atoms with Gasteiger partial charge in [-0.15, -0.1) is 0 Å². The monoisotopic (exact) mass is 227 g/mol. The molecule has 0 unspecified atom stereocenters. The van der Waals surface area contributed by atoms with E-state index >= 15 is 0 Å². The summed E-state index contributed by atoms with van der Waals surface area (Å²) in [4.78, 5) is 0. The molecule has 0 bridgehead atoms. The summed E-state index contributed by atoms with van der Waals surface area (Å²) in [6.07, 6.45) is 0. The molecule has 2 aromatic carbocycles. The number of para-hydroxylation sites is 1. The van der Waals surface area contributed by atoms with Gasteiger partial charge in [0.2, 0.25) is 0 Å². The zero-order valence-electron chi connectivity index (χ0n) is 8.94. The molecule has 2 heteroatoms. The molecule has 0 amide bonds. The van der Waals surface area contributed by atoms with E-state index in [0.29, 0.717) is 0 Å². The summed E-state index contributed by atoms with van der Waals surface area (Å²) >= 11 is 1.69. The molecule has 0 spiro atoms. The molecule has 3 aromatic rings. The van der Waals surface area contributed by atoms with E-state index in [-0.39, 0.29) is 0 Å². The molecule has 1 nitrogen and oxygen atoms in total. The Morgan fingerprint density at radius 3 is 2.44 bits per heavy atom. The van der Waals surface area contributed by atoms with Crippen molar-refractivity contribution in [2.24, 2.45) is 0 Å². The zero-order valence-corrected chi connectivity index (χ0v) is 9.75. The van der Waals surface area contributed by atoms with Crippen molar-refractivity contribution in [1.82, 2.24) is 0 Å². The molecule has 0 saturated heterocycles. The maximum atomic E-state index is 5.81. The average Bonchev–Trinajstić information content (AvgIpc) is 2.73. The van der Waals surface area contributed by atoms with Crippen LogP contribution in [0.2, 0.25) is 0 Å². The normalized spacial score (nSPS) is 10.8. The highest BCUT2D eigenvalue weighted by molar-refractivity contribution is 7.21. The quantitative estimate of drug-likeness (QED) is 0.546. The van der Waals surface area contributed by atoms with Gasteiger partial charge < -0.3 is 0 Å². The summed E-state index contributed by atoms with van der Waals surface area (Å²) in [6.45, 7) is 2.09. The van der Waals surface area contributed by atoms with Gasteiger partial charge in [0.15, 0.2) is 0 Å². The van der Waals surface area contributed by atoms with Gasteiger partial charge in [-0.2, -0.15) is 4.42 Å². The van der Waals surface area contributed by atoms with Gasteiger partial charge in [0.05, 0.1) is 5.56 Å². The van der Waals surface area contributed by atoms with Crippen molar-refractivity contribution in [3.63, 3.8) is 0 Å². The minimum atomic E-state index is 0.961. The van der Waals surface area contributed by atoms with Crippen LogP contribution in [0.25, 0.3) is 20.9 Å². The summed E-state index contributed by atoms with van der Waals surface area (Å²) in [5.41, 5.74) is 3.37. The van der Waals surface area contributed by atoms with Crippen LogP contribution in [-0.2, 0) is 0 Å². The first-order chi connectivity index (χ1) is 7.83. The smallest absolute Gasteiger partial charge is 0.194 e. The fraction of sp³-hybridized carbons (Fsp3) is 0.0714. The Morgan fingerprint density at radius 2 is 1.69 bits per heavy atom. The third-order valence-electron chi connectivity index (χ3n) is 2.54. The standard InChI is InChI=1S/C14H11OS/c1-10-6-8-11(9-7-10)14-15-12-4-2-3-5-13(12)16-14/h2-9H,1H3/q+1. The molecule has 0 atom stereocenters. The highest BCUT2D eigenvalue weighted by atomic mass is 32.1. The molecule has 0 aliphatic rings. The maximum absolute atomic E-state index is 5.81. The second-order valence-corrected chi connectivity index (χ2v) is 4.82. The van der Waals surface area contributed by atoms with Crippen molar-refractivity contribution in [1.29, 1.82) is 0 Å². The topological polar surface area (TPSA) is 11.3 Å². The van der Waals surface area contributed by atoms with Crippen LogP contribution in [0.5, 0.6) is 0 Å². The van der Waals surface area contributed by atoms with E-state index in [1.165, 1.54) is 10.3 Å². The summed E-state index contributed by atoms with van der Waals surface area (Å²) in [7, 11) is 0. The van der Waals surface area contributed by atoms with Crippen LogP contribution in [0, 0.1) is 6.92 Å². The Bertz CT molecular complexity index is 590. The van der Waals surface area contributed by atoms with Crippen LogP contribution in [0.3, 0.4) is 0 Å². The first kappa shape index (κ1) is 9.55. The highest BCUT2D eigenvalue weighted by Gasteiger charge is 2.18. The van der Waals surface area contributed by atoms with Crippen LogP contribution in [0.1, 0.15) is 5.56 Å². The Hall–Kier alpha value is -1.67. The van der Waals surface area contributed by atoms with Gasteiger partial charge in [-0.05, 0) is 36.5 Å². The largest absolute Gasteiger partial charge is 0.418 e. The van der Waals surface area contributed by atoms with Crippen LogP contribution in [0.4, 0.5) is 0 Å². The van der Waals surface area contributed by atoms with E-state index in [9.17, 15) is 0 Å². The minimum absolute atomic E-state index is 0.961. The predicted molar refractivity (Wildman–Crippen MR) is 68.7 cm³/mol. The van der Waals surface area contributed by atoms with Gasteiger partial charge >= 0.3 is 10.7 Å². The lowest BCUT2D eigenvalue weighted by atomic mass is 10.2. The summed E-state index contributed by atoms with van der Waals surface area (Å²) in [5, 5.41) is 0.973. The van der Waals surface area contributed by atoms with Gasteiger partial charge in [0.1, 0.15) is 4.70 Å². The number of hydrogen-bond donors (Lipinski definition) is 0. The number of benzene rings is 2. The van der Waals surface area contributed by atoms with Crippen molar-refractivity contribution in [2.75, 3.05) is 0 Å². The summed E-state index contributed by atoms with van der Waals surface area (Å²) < 4.78 is 7.01. The van der Waals surface area contributed by atoms with Gasteiger partial charge in [0, 0.05) is 6.07 Å². The molecule has 16 heavy (non-hydrogen) atoms. The van der Waals surface area contributed by atoms with Crippen molar-refractivity contribution in [2.45, 2.75) is 6.92 Å². The first-order valence-corrected chi connectivity index (χ1v) is 6.03. The first-order valence-electron chi connectivity index (χ1n) is 5.22. The molecule has 78 valence electrons. The van der Waals surface area contributed by atoms with E-state index < -0.39 is 0 Å². The lowest BCUT2D eigenvalue weighted by molar-refractivity contribution is 0.638. The number of aryl methyl sites for hydroxylation is 1. The molecule has 1 aromatic heterocycles. The van der Waals surface area contributed by atoms with E-state index in [0.717, 1.165) is 16.2 Å². The summed E-state index contributed by atoms with van der Waals surface area (Å²) in [6, 6.07) is 16.5. The number of rotatable bonds is 1. The molecule has 3 rings (SSSR count). The molecular formula is C14H11OS+. The van der Waals surface area contributed by atoms with Crippen LogP contribution in [0.15, 0.2) is 52.9 Å². The predicted octanol–water partition coefficient (Wildman–Crippen LogP) is 4.75. The Labute approximate surface area is 98.0 Å². The SMILES string of the molecule is Cc1ccc(-c2[o+]c3ccccc3s2)cc1. The number of fused-ring (bicyclic) bond motifs is 1. The zero-order chi connectivity index (χ0) is 11.0. The Balaban J connectivity index is 2.15. The van der Waals surface area contributed by atoms with E-state index in [2.05, 4.69) is 37.3 Å². The van der Waals surface area contributed by atoms with E-state index in [1.807, 2.05) is 18.2 Å². The van der Waals surface area contributed by atoms with Gasteiger partial charge in [-0.3, -0.25) is 0 Å². The minimum Gasteiger partial charge on any atom is -0.194 e. The second-order valence-electron chi connectivity index (χ2n) is 3.80. The van der Waals surface area contributed by atoms with E-state index in [4.69, 9.17) is 4.42 Å². The van der Waals surface area contributed by atoms with Crippen LogP contribution in [-0.4, -0.2) is 0 Å². The number of hydrogen-bond acceptors (Lipinski definition) is 1. The fourth-order valence-corrected chi connectivity index (χ4v) is 2.59. The molecule has 1 heterocycles. The van der Waals surface area contributed by atoms with Crippen molar-refractivity contribution in [3.05, 3.63) is 54.1 Å². The summed E-state index contributed by atoms with van der Waals surface area (Å²) in [5.74, 6) is 0. The maximum Gasteiger partial charge on any atom is 0.418 e. The lowest BCUT2D eigenvalue weighted by Crippen LogP contribution is -1.72. The van der Waals surface area contributed by atoms with Crippen molar-refractivity contribution < 1.29 is 4.42 Å². The Morgan fingerprint density at radius 1 is 0.938 bits per heavy atom. The average molecular weight is 227 g/mol. The van der Waals surface area contributed by atoms with Gasteiger partial charge in [-0.1, -0.05) is 29.8 Å². The van der Waals surface area contributed by atoms with Crippen LogP contribution >= 0.6 is 11.3 Å². The third kappa shape index (κ3) is 1.61.